The number of nitriles is 1. The number of nitrogens with zero attached hydrogens (tertiary/aromatic N) is 4. The second-order valence-electron chi connectivity index (χ2n) is 6.12. The Balaban J connectivity index is 2.06. The lowest BCUT2D eigenvalue weighted by Crippen LogP contribution is -2.50. The Morgan fingerprint density at radius 1 is 1.36 bits per heavy atom. The van der Waals surface area contributed by atoms with Gasteiger partial charge < -0.3 is 10.6 Å². The van der Waals surface area contributed by atoms with Crippen LogP contribution in [0.4, 0.5) is 5.69 Å². The van der Waals surface area contributed by atoms with E-state index in [1.807, 2.05) is 18.2 Å². The molecule has 0 spiro atoms. The quantitative estimate of drug-likeness (QED) is 0.460. The summed E-state index contributed by atoms with van der Waals surface area (Å²) in [7, 11) is 0. The summed E-state index contributed by atoms with van der Waals surface area (Å²) in [6, 6.07) is 8.75. The van der Waals surface area contributed by atoms with Crippen LogP contribution in [0.2, 0.25) is 0 Å². The summed E-state index contributed by atoms with van der Waals surface area (Å²) in [5.41, 5.74) is 10.3. The van der Waals surface area contributed by atoms with E-state index in [1.165, 1.54) is 12.8 Å². The van der Waals surface area contributed by atoms with Crippen LogP contribution in [0, 0.1) is 11.3 Å². The lowest BCUT2D eigenvalue weighted by molar-refractivity contribution is 0.175. The molecule has 7 heteroatoms. The Bertz CT molecular complexity index is 654. The normalized spacial score (nSPS) is 15.5. The summed E-state index contributed by atoms with van der Waals surface area (Å²) >= 11 is 4.70. The summed E-state index contributed by atoms with van der Waals surface area (Å²) in [4.78, 5) is 4.86. The molecule has 1 aliphatic heterocycles. The molecule has 3 N–H and O–H groups in total. The second-order valence-corrected chi connectivity index (χ2v) is 6.56. The second kappa shape index (κ2) is 9.35. The molecule has 0 atom stereocenters. The highest BCUT2D eigenvalue weighted by Gasteiger charge is 2.23. The number of rotatable bonds is 6. The van der Waals surface area contributed by atoms with Crippen LogP contribution in [0.15, 0.2) is 23.3 Å². The van der Waals surface area contributed by atoms with Gasteiger partial charge in [-0.1, -0.05) is 19.9 Å². The molecule has 1 saturated heterocycles. The molecule has 0 bridgehead atoms. The van der Waals surface area contributed by atoms with Crippen molar-refractivity contribution in [2.45, 2.75) is 32.7 Å². The van der Waals surface area contributed by atoms with E-state index in [0.29, 0.717) is 11.6 Å². The van der Waals surface area contributed by atoms with E-state index in [4.69, 9.17) is 18.0 Å². The van der Waals surface area contributed by atoms with Gasteiger partial charge in [-0.3, -0.25) is 10.3 Å². The van der Waals surface area contributed by atoms with Gasteiger partial charge in [0.2, 0.25) is 0 Å². The van der Waals surface area contributed by atoms with E-state index in [0.717, 1.165) is 37.4 Å². The van der Waals surface area contributed by atoms with Gasteiger partial charge in [0.25, 0.3) is 0 Å². The molecule has 1 fully saturated rings. The molecular weight excluding hydrogens is 332 g/mol. The standard InChI is InChI=1S/C18H26N6S/c1-3-16(4-2)23-7-9-24(10-8-23)17-6-5-14(11-15(17)12-19)13-21-22-18(20)25/h5-6,11,13,16H,3-4,7-10H2,1-2H3,(H3,20,22,25). The fourth-order valence-electron chi connectivity index (χ4n) is 3.30. The van der Waals surface area contributed by atoms with Gasteiger partial charge in [-0.15, -0.1) is 0 Å². The van der Waals surface area contributed by atoms with Gasteiger partial charge in [-0.2, -0.15) is 10.4 Å². The minimum Gasteiger partial charge on any atom is -0.375 e. The summed E-state index contributed by atoms with van der Waals surface area (Å²) in [6.45, 7) is 8.47. The van der Waals surface area contributed by atoms with Crippen molar-refractivity contribution in [2.75, 3.05) is 31.1 Å². The molecule has 25 heavy (non-hydrogen) atoms. The van der Waals surface area contributed by atoms with E-state index in [2.05, 4.69) is 40.2 Å². The molecule has 0 saturated carbocycles. The van der Waals surface area contributed by atoms with Gasteiger partial charge >= 0.3 is 0 Å². The number of hydrogen-bond donors (Lipinski definition) is 2. The number of nitrogens with two attached hydrogens (primary N) is 1. The summed E-state index contributed by atoms with van der Waals surface area (Å²) in [5, 5.41) is 13.6. The Labute approximate surface area is 155 Å². The smallest absolute Gasteiger partial charge is 0.184 e. The van der Waals surface area contributed by atoms with Crippen LogP contribution in [0.5, 0.6) is 0 Å². The Kier molecular flexibility index (Phi) is 7.16. The van der Waals surface area contributed by atoms with Crippen LogP contribution in [-0.4, -0.2) is 48.4 Å². The van der Waals surface area contributed by atoms with Gasteiger partial charge in [0, 0.05) is 32.2 Å². The average Bonchev–Trinajstić information content (AvgIpc) is 2.63. The topological polar surface area (TPSA) is 80.7 Å². The maximum Gasteiger partial charge on any atom is 0.184 e. The van der Waals surface area contributed by atoms with Crippen molar-refractivity contribution in [1.82, 2.24) is 10.3 Å². The van der Waals surface area contributed by atoms with Crippen LogP contribution < -0.4 is 16.1 Å². The average molecular weight is 359 g/mol. The number of anilines is 1. The molecule has 1 heterocycles. The molecule has 1 aromatic rings. The minimum atomic E-state index is 0.115. The van der Waals surface area contributed by atoms with Crippen molar-refractivity contribution in [2.24, 2.45) is 10.8 Å². The Morgan fingerprint density at radius 2 is 2.04 bits per heavy atom. The first-order valence-electron chi connectivity index (χ1n) is 8.70. The number of thiocarbonyl (C=S) groups is 1. The van der Waals surface area contributed by atoms with E-state index in [1.54, 1.807) is 6.21 Å². The van der Waals surface area contributed by atoms with Crippen molar-refractivity contribution in [3.8, 4) is 6.07 Å². The Morgan fingerprint density at radius 3 is 2.60 bits per heavy atom. The summed E-state index contributed by atoms with van der Waals surface area (Å²) in [6.07, 6.45) is 3.98. The van der Waals surface area contributed by atoms with E-state index in [9.17, 15) is 5.26 Å². The third kappa shape index (κ3) is 5.15. The van der Waals surface area contributed by atoms with E-state index < -0.39 is 0 Å². The Hall–Kier alpha value is -2.17. The first-order chi connectivity index (χ1) is 12.1. The third-order valence-corrected chi connectivity index (χ3v) is 4.73. The van der Waals surface area contributed by atoms with Crippen LogP contribution >= 0.6 is 12.2 Å². The van der Waals surface area contributed by atoms with E-state index in [-0.39, 0.29) is 5.11 Å². The minimum absolute atomic E-state index is 0.115. The number of piperazine rings is 1. The van der Waals surface area contributed by atoms with Gasteiger partial charge in [0.05, 0.1) is 17.5 Å². The zero-order chi connectivity index (χ0) is 18.2. The number of hydrazone groups is 1. The summed E-state index contributed by atoms with van der Waals surface area (Å²) < 4.78 is 0. The van der Waals surface area contributed by atoms with Crippen molar-refractivity contribution in [1.29, 1.82) is 5.26 Å². The molecule has 2 rings (SSSR count). The molecule has 134 valence electrons. The fraction of sp³-hybridized carbons (Fsp3) is 0.500. The molecule has 1 aromatic carbocycles. The molecule has 1 aliphatic rings. The monoisotopic (exact) mass is 358 g/mol. The molecular formula is C18H26N6S. The number of nitrogens with one attached hydrogen (secondary N) is 1. The van der Waals surface area contributed by atoms with Crippen LogP contribution in [0.3, 0.4) is 0 Å². The zero-order valence-electron chi connectivity index (χ0n) is 14.9. The van der Waals surface area contributed by atoms with Crippen LogP contribution in [0.1, 0.15) is 37.8 Å². The molecule has 0 aliphatic carbocycles. The molecule has 0 radical (unpaired) electrons. The van der Waals surface area contributed by atoms with Gasteiger partial charge in [0.1, 0.15) is 6.07 Å². The van der Waals surface area contributed by atoms with Crippen LogP contribution in [-0.2, 0) is 0 Å². The van der Waals surface area contributed by atoms with Crippen molar-refractivity contribution < 1.29 is 0 Å². The molecule has 6 nitrogen and oxygen atoms in total. The maximum atomic E-state index is 9.52. The predicted molar refractivity (Wildman–Crippen MR) is 107 cm³/mol. The maximum absolute atomic E-state index is 9.52. The first kappa shape index (κ1) is 19.2. The fourth-order valence-corrected chi connectivity index (χ4v) is 3.36. The lowest BCUT2D eigenvalue weighted by Gasteiger charge is -2.40. The van der Waals surface area contributed by atoms with Crippen molar-refractivity contribution in [3.05, 3.63) is 29.3 Å². The highest BCUT2D eigenvalue weighted by molar-refractivity contribution is 7.80. The first-order valence-corrected chi connectivity index (χ1v) is 9.11. The van der Waals surface area contributed by atoms with Gasteiger partial charge in [-0.25, -0.2) is 0 Å². The SMILES string of the molecule is CCC(CC)N1CCN(c2ccc(C=NNC(N)=S)cc2C#N)CC1. The third-order valence-electron chi connectivity index (χ3n) is 4.64. The lowest BCUT2D eigenvalue weighted by atomic mass is 10.1. The summed E-state index contributed by atoms with van der Waals surface area (Å²) in [5.74, 6) is 0. The molecule has 0 amide bonds. The molecule has 0 aromatic heterocycles. The van der Waals surface area contributed by atoms with Crippen molar-refractivity contribution in [3.63, 3.8) is 0 Å². The van der Waals surface area contributed by atoms with Crippen molar-refractivity contribution >= 4 is 29.2 Å². The zero-order valence-corrected chi connectivity index (χ0v) is 15.7. The predicted octanol–water partition coefficient (Wildman–Crippen LogP) is 2.04. The molecule has 0 unspecified atom stereocenters. The highest BCUT2D eigenvalue weighted by Crippen LogP contribution is 2.23. The van der Waals surface area contributed by atoms with Gasteiger partial charge in [0.15, 0.2) is 5.11 Å². The van der Waals surface area contributed by atoms with E-state index >= 15 is 0 Å². The van der Waals surface area contributed by atoms with Crippen LogP contribution in [0.25, 0.3) is 0 Å². The number of hydrogen-bond acceptors (Lipinski definition) is 5. The van der Waals surface area contributed by atoms with Gasteiger partial charge in [-0.05, 0) is 42.8 Å². The number of benzene rings is 1. The largest absolute Gasteiger partial charge is 0.375 e. The highest BCUT2D eigenvalue weighted by atomic mass is 32.1.